The summed E-state index contributed by atoms with van der Waals surface area (Å²) in [5.74, 6) is 0.0797. The van der Waals surface area contributed by atoms with E-state index in [-0.39, 0.29) is 24.1 Å². The molecule has 0 aromatic carbocycles. The minimum absolute atomic E-state index is 0.0797. The van der Waals surface area contributed by atoms with E-state index in [1.165, 1.54) is 0 Å². The normalized spacial score (nSPS) is 27.9. The van der Waals surface area contributed by atoms with Gasteiger partial charge in [-0.05, 0) is 20.3 Å². The van der Waals surface area contributed by atoms with E-state index in [1.54, 1.807) is 0 Å². The fourth-order valence-corrected chi connectivity index (χ4v) is 1.97. The van der Waals surface area contributed by atoms with Crippen molar-refractivity contribution < 1.29 is 9.53 Å². The van der Waals surface area contributed by atoms with Crippen LogP contribution in [0.4, 0.5) is 0 Å². The molecule has 0 aromatic rings. The highest BCUT2D eigenvalue weighted by Gasteiger charge is 2.30. The molecule has 1 amide bonds. The molecule has 0 bridgehead atoms. The molecule has 2 unspecified atom stereocenters. The Labute approximate surface area is 98.1 Å². The first-order valence-electron chi connectivity index (χ1n) is 6.24. The number of rotatable bonds is 4. The van der Waals surface area contributed by atoms with Crippen LogP contribution in [-0.2, 0) is 9.53 Å². The van der Waals surface area contributed by atoms with Gasteiger partial charge >= 0.3 is 0 Å². The zero-order valence-electron chi connectivity index (χ0n) is 10.6. The van der Waals surface area contributed by atoms with Gasteiger partial charge in [-0.3, -0.25) is 4.79 Å². The van der Waals surface area contributed by atoms with Crippen molar-refractivity contribution in [3.8, 4) is 0 Å². The second kappa shape index (κ2) is 6.21. The molecule has 0 aromatic heterocycles. The van der Waals surface area contributed by atoms with Gasteiger partial charge in [0.25, 0.3) is 0 Å². The third-order valence-corrected chi connectivity index (χ3v) is 3.08. The molecule has 1 heterocycles. The summed E-state index contributed by atoms with van der Waals surface area (Å²) in [5.41, 5.74) is 5.91. The van der Waals surface area contributed by atoms with Crippen LogP contribution in [0.5, 0.6) is 0 Å². The van der Waals surface area contributed by atoms with Gasteiger partial charge in [-0.15, -0.1) is 0 Å². The van der Waals surface area contributed by atoms with E-state index in [0.717, 1.165) is 19.3 Å². The average molecular weight is 228 g/mol. The molecule has 0 aliphatic carbocycles. The highest BCUT2D eigenvalue weighted by molar-refractivity contribution is 5.82. The Morgan fingerprint density at radius 2 is 2.25 bits per heavy atom. The van der Waals surface area contributed by atoms with Crippen LogP contribution < -0.4 is 5.73 Å². The van der Waals surface area contributed by atoms with Gasteiger partial charge in [-0.2, -0.15) is 0 Å². The van der Waals surface area contributed by atoms with Gasteiger partial charge in [0.1, 0.15) is 0 Å². The summed E-state index contributed by atoms with van der Waals surface area (Å²) in [5, 5.41) is 0. The highest BCUT2D eigenvalue weighted by atomic mass is 16.5. The molecule has 1 saturated heterocycles. The molecular formula is C12H24N2O2. The summed E-state index contributed by atoms with van der Waals surface area (Å²) >= 11 is 0. The van der Waals surface area contributed by atoms with Crippen LogP contribution in [0, 0.1) is 0 Å². The number of morpholine rings is 1. The summed E-state index contributed by atoms with van der Waals surface area (Å²) in [6.45, 7) is 7.39. The number of nitrogens with two attached hydrogens (primary N) is 1. The number of carbonyl (C=O) groups excluding carboxylic acids is 1. The SMILES string of the molecule is CCCC[C@H](N)C(=O)N1CC(C)OCC1C. The summed E-state index contributed by atoms with van der Waals surface area (Å²) in [6.07, 6.45) is 3.00. The van der Waals surface area contributed by atoms with Crippen LogP contribution in [-0.4, -0.2) is 42.1 Å². The molecule has 1 aliphatic rings. The number of nitrogens with zero attached hydrogens (tertiary/aromatic N) is 1. The topological polar surface area (TPSA) is 55.6 Å². The standard InChI is InChI=1S/C12H24N2O2/c1-4-5-6-11(13)12(15)14-7-10(3)16-8-9(14)2/h9-11H,4-8,13H2,1-3H3/t9?,10?,11-/m0/s1. The Balaban J connectivity index is 2.50. The molecule has 2 N–H and O–H groups in total. The van der Waals surface area contributed by atoms with Gasteiger partial charge in [0.2, 0.25) is 5.91 Å². The minimum atomic E-state index is -0.340. The third-order valence-electron chi connectivity index (χ3n) is 3.08. The quantitative estimate of drug-likeness (QED) is 0.785. The Morgan fingerprint density at radius 1 is 1.56 bits per heavy atom. The number of hydrogen-bond donors (Lipinski definition) is 1. The lowest BCUT2D eigenvalue weighted by atomic mass is 10.1. The Bertz CT molecular complexity index is 233. The van der Waals surface area contributed by atoms with E-state index >= 15 is 0 Å². The summed E-state index contributed by atoms with van der Waals surface area (Å²) in [4.78, 5) is 14.0. The molecule has 94 valence electrons. The summed E-state index contributed by atoms with van der Waals surface area (Å²) in [6, 6.07) is -0.191. The third kappa shape index (κ3) is 3.46. The maximum Gasteiger partial charge on any atom is 0.239 e. The van der Waals surface area contributed by atoms with Crippen molar-refractivity contribution in [2.75, 3.05) is 13.2 Å². The molecule has 3 atom stereocenters. The van der Waals surface area contributed by atoms with Crippen LogP contribution in [0.25, 0.3) is 0 Å². The van der Waals surface area contributed by atoms with Crippen molar-refractivity contribution in [1.29, 1.82) is 0 Å². The van der Waals surface area contributed by atoms with Gasteiger partial charge in [-0.25, -0.2) is 0 Å². The van der Waals surface area contributed by atoms with Gasteiger partial charge in [0.05, 0.1) is 24.8 Å². The maximum absolute atomic E-state index is 12.1. The molecule has 0 spiro atoms. The number of hydrogen-bond acceptors (Lipinski definition) is 3. The predicted molar refractivity (Wildman–Crippen MR) is 64.1 cm³/mol. The lowest BCUT2D eigenvalue weighted by molar-refractivity contribution is -0.144. The molecule has 4 heteroatoms. The Morgan fingerprint density at radius 3 is 2.88 bits per heavy atom. The molecule has 0 saturated carbocycles. The Kier molecular flexibility index (Phi) is 5.22. The number of ether oxygens (including phenoxy) is 1. The van der Waals surface area contributed by atoms with E-state index < -0.39 is 0 Å². The molecule has 16 heavy (non-hydrogen) atoms. The minimum Gasteiger partial charge on any atom is -0.375 e. The molecule has 4 nitrogen and oxygen atoms in total. The molecule has 1 aliphatic heterocycles. The smallest absolute Gasteiger partial charge is 0.239 e. The fourth-order valence-electron chi connectivity index (χ4n) is 1.97. The molecule has 1 fully saturated rings. The number of amides is 1. The molecular weight excluding hydrogens is 204 g/mol. The maximum atomic E-state index is 12.1. The van der Waals surface area contributed by atoms with E-state index in [1.807, 2.05) is 18.7 Å². The van der Waals surface area contributed by atoms with Crippen molar-refractivity contribution in [3.63, 3.8) is 0 Å². The molecule has 0 radical (unpaired) electrons. The first-order chi connectivity index (χ1) is 7.56. The van der Waals surface area contributed by atoms with E-state index in [4.69, 9.17) is 10.5 Å². The van der Waals surface area contributed by atoms with Crippen molar-refractivity contribution >= 4 is 5.91 Å². The predicted octanol–water partition coefficient (Wildman–Crippen LogP) is 1.14. The van der Waals surface area contributed by atoms with Crippen LogP contribution in [0.3, 0.4) is 0 Å². The van der Waals surface area contributed by atoms with Crippen molar-refractivity contribution in [1.82, 2.24) is 4.90 Å². The van der Waals surface area contributed by atoms with E-state index in [2.05, 4.69) is 6.92 Å². The van der Waals surface area contributed by atoms with Crippen molar-refractivity contribution in [3.05, 3.63) is 0 Å². The van der Waals surface area contributed by atoms with Crippen LogP contribution in [0.15, 0.2) is 0 Å². The first kappa shape index (κ1) is 13.5. The molecule has 1 rings (SSSR count). The first-order valence-corrected chi connectivity index (χ1v) is 6.24. The zero-order chi connectivity index (χ0) is 12.1. The largest absolute Gasteiger partial charge is 0.375 e. The van der Waals surface area contributed by atoms with Crippen molar-refractivity contribution in [2.45, 2.75) is 58.2 Å². The van der Waals surface area contributed by atoms with Crippen molar-refractivity contribution in [2.24, 2.45) is 5.73 Å². The van der Waals surface area contributed by atoms with Crippen LogP contribution >= 0.6 is 0 Å². The zero-order valence-corrected chi connectivity index (χ0v) is 10.6. The summed E-state index contributed by atoms with van der Waals surface area (Å²) in [7, 11) is 0. The van der Waals surface area contributed by atoms with Crippen LogP contribution in [0.2, 0.25) is 0 Å². The Hall–Kier alpha value is -0.610. The van der Waals surface area contributed by atoms with Crippen LogP contribution in [0.1, 0.15) is 40.0 Å². The lowest BCUT2D eigenvalue weighted by Gasteiger charge is -2.38. The monoisotopic (exact) mass is 228 g/mol. The second-order valence-electron chi connectivity index (χ2n) is 4.73. The van der Waals surface area contributed by atoms with Gasteiger partial charge < -0.3 is 15.4 Å². The summed E-state index contributed by atoms with van der Waals surface area (Å²) < 4.78 is 5.50. The lowest BCUT2D eigenvalue weighted by Crippen LogP contribution is -2.55. The van der Waals surface area contributed by atoms with E-state index in [0.29, 0.717) is 13.2 Å². The number of unbranched alkanes of at least 4 members (excludes halogenated alkanes) is 1. The highest BCUT2D eigenvalue weighted by Crippen LogP contribution is 2.13. The van der Waals surface area contributed by atoms with Gasteiger partial charge in [-0.1, -0.05) is 19.8 Å². The average Bonchev–Trinajstić information content (AvgIpc) is 2.28. The number of carbonyl (C=O) groups is 1. The van der Waals surface area contributed by atoms with E-state index in [9.17, 15) is 4.79 Å². The fraction of sp³-hybridized carbons (Fsp3) is 0.917. The second-order valence-corrected chi connectivity index (χ2v) is 4.73. The van der Waals surface area contributed by atoms with Gasteiger partial charge in [0, 0.05) is 6.54 Å². The van der Waals surface area contributed by atoms with Gasteiger partial charge in [0.15, 0.2) is 0 Å².